The third-order valence-electron chi connectivity index (χ3n) is 2.42. The summed E-state index contributed by atoms with van der Waals surface area (Å²) in [5, 5.41) is 3.23. The molecule has 1 saturated heterocycles. The highest BCUT2D eigenvalue weighted by atomic mass is 16.1. The van der Waals surface area contributed by atoms with E-state index in [9.17, 15) is 4.79 Å². The summed E-state index contributed by atoms with van der Waals surface area (Å²) in [5.41, 5.74) is 0. The van der Waals surface area contributed by atoms with Crippen molar-refractivity contribution in [1.29, 1.82) is 0 Å². The minimum atomic E-state index is 0.184. The molecule has 0 spiro atoms. The van der Waals surface area contributed by atoms with Gasteiger partial charge >= 0.3 is 0 Å². The lowest BCUT2D eigenvalue weighted by Crippen LogP contribution is -2.30. The maximum absolute atomic E-state index is 11.5. The zero-order chi connectivity index (χ0) is 8.97. The molecule has 0 radical (unpaired) electrons. The average molecular weight is 169 g/mol. The van der Waals surface area contributed by atoms with Crippen LogP contribution in [0.2, 0.25) is 0 Å². The first-order valence-electron chi connectivity index (χ1n) is 4.96. The Hall–Kier alpha value is -0.370. The van der Waals surface area contributed by atoms with Gasteiger partial charge in [-0.1, -0.05) is 13.8 Å². The summed E-state index contributed by atoms with van der Waals surface area (Å²) in [6.45, 7) is 5.35. The van der Waals surface area contributed by atoms with Crippen LogP contribution in [-0.4, -0.2) is 18.4 Å². The maximum atomic E-state index is 11.5. The van der Waals surface area contributed by atoms with Crippen LogP contribution in [0.4, 0.5) is 0 Å². The lowest BCUT2D eigenvalue weighted by molar-refractivity contribution is -0.120. The second-order valence-corrected chi connectivity index (χ2v) is 4.05. The summed E-state index contributed by atoms with van der Waals surface area (Å²) in [4.78, 5) is 11.5. The molecule has 0 aromatic rings. The molecule has 1 unspecified atom stereocenters. The minimum Gasteiger partial charge on any atom is -0.307 e. The van der Waals surface area contributed by atoms with Crippen molar-refractivity contribution in [3.8, 4) is 0 Å². The van der Waals surface area contributed by atoms with Crippen LogP contribution in [0.5, 0.6) is 0 Å². The first-order valence-corrected chi connectivity index (χ1v) is 4.96. The number of carbonyl (C=O) groups excluding carboxylic acids is 1. The maximum Gasteiger partial charge on any atom is 0.149 e. The summed E-state index contributed by atoms with van der Waals surface area (Å²) in [6, 6.07) is 0.184. The SMILES string of the molecule is CC(C)CCC(=O)C1CCCN1. The molecule has 1 aliphatic rings. The predicted molar refractivity (Wildman–Crippen MR) is 50.1 cm³/mol. The van der Waals surface area contributed by atoms with E-state index >= 15 is 0 Å². The molecule has 0 aromatic heterocycles. The van der Waals surface area contributed by atoms with Crippen molar-refractivity contribution >= 4 is 5.78 Å². The Morgan fingerprint density at radius 3 is 2.83 bits per heavy atom. The Morgan fingerprint density at radius 1 is 1.58 bits per heavy atom. The fourth-order valence-corrected chi connectivity index (χ4v) is 1.56. The molecule has 2 heteroatoms. The van der Waals surface area contributed by atoms with Crippen LogP contribution < -0.4 is 5.32 Å². The standard InChI is InChI=1S/C10H19NO/c1-8(2)5-6-10(12)9-4-3-7-11-9/h8-9,11H,3-7H2,1-2H3. The third kappa shape index (κ3) is 2.94. The molecule has 0 aromatic carbocycles. The smallest absolute Gasteiger partial charge is 0.149 e. The number of nitrogens with one attached hydrogen (secondary N) is 1. The molecule has 0 bridgehead atoms. The summed E-state index contributed by atoms with van der Waals surface area (Å²) in [7, 11) is 0. The lowest BCUT2D eigenvalue weighted by atomic mass is 10.0. The molecular weight excluding hydrogens is 150 g/mol. The number of rotatable bonds is 4. The van der Waals surface area contributed by atoms with E-state index in [0.717, 1.165) is 32.2 Å². The molecule has 1 aliphatic heterocycles. The van der Waals surface area contributed by atoms with Crippen LogP contribution in [0, 0.1) is 5.92 Å². The topological polar surface area (TPSA) is 29.1 Å². The zero-order valence-corrected chi connectivity index (χ0v) is 8.10. The van der Waals surface area contributed by atoms with Crippen LogP contribution in [-0.2, 0) is 4.79 Å². The monoisotopic (exact) mass is 169 g/mol. The quantitative estimate of drug-likeness (QED) is 0.694. The first-order chi connectivity index (χ1) is 5.70. The van der Waals surface area contributed by atoms with E-state index in [0.29, 0.717) is 11.7 Å². The van der Waals surface area contributed by atoms with Crippen LogP contribution in [0.3, 0.4) is 0 Å². The molecule has 0 amide bonds. The largest absolute Gasteiger partial charge is 0.307 e. The Kier molecular flexibility index (Phi) is 3.73. The Bertz CT molecular complexity index is 148. The fourth-order valence-electron chi connectivity index (χ4n) is 1.56. The number of hydrogen-bond donors (Lipinski definition) is 1. The van der Waals surface area contributed by atoms with Crippen LogP contribution in [0.25, 0.3) is 0 Å². The Balaban J connectivity index is 2.18. The van der Waals surface area contributed by atoms with E-state index < -0.39 is 0 Å². The second-order valence-electron chi connectivity index (χ2n) is 4.05. The highest BCUT2D eigenvalue weighted by Gasteiger charge is 2.21. The normalized spacial score (nSPS) is 23.4. The third-order valence-corrected chi connectivity index (χ3v) is 2.42. The number of hydrogen-bond acceptors (Lipinski definition) is 2. The van der Waals surface area contributed by atoms with Gasteiger partial charge in [0.1, 0.15) is 5.78 Å². The van der Waals surface area contributed by atoms with Crippen LogP contribution in [0.15, 0.2) is 0 Å². The molecule has 1 N–H and O–H groups in total. The van der Waals surface area contributed by atoms with E-state index in [4.69, 9.17) is 0 Å². The fraction of sp³-hybridized carbons (Fsp3) is 0.900. The number of Topliss-reactive ketones (excluding diaryl/α,β-unsaturated/α-hetero) is 1. The van der Waals surface area contributed by atoms with Crippen molar-refractivity contribution in [1.82, 2.24) is 5.32 Å². The van der Waals surface area contributed by atoms with Crippen molar-refractivity contribution in [2.45, 2.75) is 45.6 Å². The molecule has 70 valence electrons. The molecular formula is C10H19NO. The molecule has 1 fully saturated rings. The lowest BCUT2D eigenvalue weighted by Gasteiger charge is -2.09. The molecule has 1 rings (SSSR count). The summed E-state index contributed by atoms with van der Waals surface area (Å²) >= 11 is 0. The highest BCUT2D eigenvalue weighted by molar-refractivity contribution is 5.84. The predicted octanol–water partition coefficient (Wildman–Crippen LogP) is 1.74. The second kappa shape index (κ2) is 4.61. The summed E-state index contributed by atoms with van der Waals surface area (Å²) in [6.07, 6.45) is 4.02. The van der Waals surface area contributed by atoms with Crippen LogP contribution in [0.1, 0.15) is 39.5 Å². The van der Waals surface area contributed by atoms with Gasteiger partial charge in [-0.15, -0.1) is 0 Å². The van der Waals surface area contributed by atoms with Gasteiger partial charge in [-0.25, -0.2) is 0 Å². The average Bonchev–Trinajstić information content (AvgIpc) is 2.51. The van der Waals surface area contributed by atoms with Crippen molar-refractivity contribution in [2.24, 2.45) is 5.92 Å². The Morgan fingerprint density at radius 2 is 2.33 bits per heavy atom. The van der Waals surface area contributed by atoms with Gasteiger partial charge < -0.3 is 5.32 Å². The van der Waals surface area contributed by atoms with Gasteiger partial charge in [0.2, 0.25) is 0 Å². The Labute approximate surface area is 74.7 Å². The minimum absolute atomic E-state index is 0.184. The molecule has 12 heavy (non-hydrogen) atoms. The van der Waals surface area contributed by atoms with Gasteiger partial charge in [-0.2, -0.15) is 0 Å². The van der Waals surface area contributed by atoms with Crippen LogP contribution >= 0.6 is 0 Å². The molecule has 2 nitrogen and oxygen atoms in total. The van der Waals surface area contributed by atoms with Gasteiger partial charge in [0.05, 0.1) is 6.04 Å². The summed E-state index contributed by atoms with van der Waals surface area (Å²) in [5.74, 6) is 1.07. The summed E-state index contributed by atoms with van der Waals surface area (Å²) < 4.78 is 0. The van der Waals surface area contributed by atoms with Crippen molar-refractivity contribution in [3.63, 3.8) is 0 Å². The van der Waals surface area contributed by atoms with Gasteiger partial charge in [0.15, 0.2) is 0 Å². The van der Waals surface area contributed by atoms with Crippen molar-refractivity contribution in [3.05, 3.63) is 0 Å². The molecule has 1 heterocycles. The molecule has 0 aliphatic carbocycles. The highest BCUT2D eigenvalue weighted by Crippen LogP contribution is 2.11. The van der Waals surface area contributed by atoms with E-state index in [1.807, 2.05) is 0 Å². The van der Waals surface area contributed by atoms with Gasteiger partial charge in [-0.05, 0) is 31.7 Å². The first kappa shape index (κ1) is 9.72. The van der Waals surface area contributed by atoms with Crippen molar-refractivity contribution < 1.29 is 4.79 Å². The molecule has 1 atom stereocenters. The van der Waals surface area contributed by atoms with E-state index in [-0.39, 0.29) is 6.04 Å². The van der Waals surface area contributed by atoms with E-state index in [2.05, 4.69) is 19.2 Å². The van der Waals surface area contributed by atoms with E-state index in [1.165, 1.54) is 0 Å². The number of ketones is 1. The van der Waals surface area contributed by atoms with Gasteiger partial charge in [0, 0.05) is 6.42 Å². The van der Waals surface area contributed by atoms with Crippen molar-refractivity contribution in [2.75, 3.05) is 6.54 Å². The number of carbonyl (C=O) groups is 1. The van der Waals surface area contributed by atoms with Gasteiger partial charge in [0.25, 0.3) is 0 Å². The zero-order valence-electron chi connectivity index (χ0n) is 8.10. The molecule has 0 saturated carbocycles. The van der Waals surface area contributed by atoms with Gasteiger partial charge in [-0.3, -0.25) is 4.79 Å². The van der Waals surface area contributed by atoms with E-state index in [1.54, 1.807) is 0 Å².